The molecule has 0 N–H and O–H groups in total. The smallest absolute Gasteiger partial charge is 0.0596 e. The topological polar surface area (TPSA) is 12.5 Å². The highest BCUT2D eigenvalue weighted by atomic mass is 16.5. The Labute approximate surface area is 127 Å². The van der Waals surface area contributed by atoms with Gasteiger partial charge in [-0.15, -0.1) is 0 Å². The van der Waals surface area contributed by atoms with Gasteiger partial charge in [-0.05, 0) is 63.5 Å². The third-order valence-electron chi connectivity index (χ3n) is 5.12. The Morgan fingerprint density at radius 2 is 1.75 bits per heavy atom. The number of hydrogen-bond acceptors (Lipinski definition) is 2. The molecule has 0 saturated carbocycles. The molecule has 1 aliphatic rings. The number of likely N-dealkylation sites (tertiary alicyclic amines) is 1. The molecule has 0 bridgehead atoms. The standard InChI is InChI=1S/C18H37NO/c1-7-16(4)14-18(5,6)17-8-10-19(11-9-17)12-13-20-15(2)3/h15-17H,7-14H2,1-6H3. The Balaban J connectivity index is 2.30. The van der Waals surface area contributed by atoms with E-state index in [2.05, 4.69) is 46.4 Å². The van der Waals surface area contributed by atoms with Crippen LogP contribution in [-0.2, 0) is 4.74 Å². The van der Waals surface area contributed by atoms with Crippen molar-refractivity contribution in [3.8, 4) is 0 Å². The van der Waals surface area contributed by atoms with Gasteiger partial charge in [-0.3, -0.25) is 0 Å². The first kappa shape index (κ1) is 18.0. The molecular formula is C18H37NO. The molecule has 0 aromatic rings. The summed E-state index contributed by atoms with van der Waals surface area (Å²) in [6.07, 6.45) is 5.79. The van der Waals surface area contributed by atoms with Crippen molar-refractivity contribution in [3.63, 3.8) is 0 Å². The van der Waals surface area contributed by atoms with Crippen LogP contribution in [-0.4, -0.2) is 37.2 Å². The van der Waals surface area contributed by atoms with E-state index < -0.39 is 0 Å². The van der Waals surface area contributed by atoms with Gasteiger partial charge in [0.1, 0.15) is 0 Å². The quantitative estimate of drug-likeness (QED) is 0.646. The monoisotopic (exact) mass is 283 g/mol. The summed E-state index contributed by atoms with van der Waals surface area (Å²) >= 11 is 0. The summed E-state index contributed by atoms with van der Waals surface area (Å²) in [6.45, 7) is 18.4. The molecule has 1 aliphatic heterocycles. The van der Waals surface area contributed by atoms with Crippen LogP contribution in [0.15, 0.2) is 0 Å². The fraction of sp³-hybridized carbons (Fsp3) is 1.00. The minimum absolute atomic E-state index is 0.363. The zero-order valence-corrected chi connectivity index (χ0v) is 14.7. The van der Waals surface area contributed by atoms with Crippen LogP contribution in [0.4, 0.5) is 0 Å². The number of hydrogen-bond donors (Lipinski definition) is 0. The van der Waals surface area contributed by atoms with Gasteiger partial charge in [0.25, 0.3) is 0 Å². The zero-order chi connectivity index (χ0) is 15.2. The van der Waals surface area contributed by atoms with Gasteiger partial charge >= 0.3 is 0 Å². The van der Waals surface area contributed by atoms with Crippen LogP contribution >= 0.6 is 0 Å². The minimum Gasteiger partial charge on any atom is -0.377 e. The van der Waals surface area contributed by atoms with Gasteiger partial charge in [-0.1, -0.05) is 34.1 Å². The van der Waals surface area contributed by atoms with Crippen molar-refractivity contribution in [1.82, 2.24) is 4.90 Å². The Morgan fingerprint density at radius 1 is 1.15 bits per heavy atom. The molecule has 1 rings (SSSR count). The summed E-state index contributed by atoms with van der Waals surface area (Å²) in [6, 6.07) is 0. The Hall–Kier alpha value is -0.0800. The second-order valence-corrected chi connectivity index (χ2v) is 7.74. The summed E-state index contributed by atoms with van der Waals surface area (Å²) in [5, 5.41) is 0. The molecule has 0 spiro atoms. The van der Waals surface area contributed by atoms with Crippen molar-refractivity contribution in [3.05, 3.63) is 0 Å². The largest absolute Gasteiger partial charge is 0.377 e. The lowest BCUT2D eigenvalue weighted by Crippen LogP contribution is -2.40. The van der Waals surface area contributed by atoms with Crippen LogP contribution in [0.1, 0.15) is 67.2 Å². The molecule has 0 aromatic carbocycles. The van der Waals surface area contributed by atoms with Crippen molar-refractivity contribution < 1.29 is 4.74 Å². The van der Waals surface area contributed by atoms with E-state index in [1.165, 1.54) is 38.8 Å². The molecular weight excluding hydrogens is 246 g/mol. The van der Waals surface area contributed by atoms with Gasteiger partial charge in [0.15, 0.2) is 0 Å². The second kappa shape index (κ2) is 8.38. The van der Waals surface area contributed by atoms with E-state index in [4.69, 9.17) is 4.74 Å². The number of rotatable bonds is 8. The number of nitrogens with zero attached hydrogens (tertiary/aromatic N) is 1. The molecule has 0 radical (unpaired) electrons. The van der Waals surface area contributed by atoms with E-state index in [0.717, 1.165) is 25.0 Å². The van der Waals surface area contributed by atoms with Crippen LogP contribution in [0.3, 0.4) is 0 Å². The Kier molecular flexibility index (Phi) is 7.53. The highest BCUT2D eigenvalue weighted by Gasteiger charge is 2.33. The molecule has 1 unspecified atom stereocenters. The molecule has 0 aliphatic carbocycles. The molecule has 2 nitrogen and oxygen atoms in total. The molecule has 1 fully saturated rings. The van der Waals surface area contributed by atoms with Crippen LogP contribution in [0.25, 0.3) is 0 Å². The lowest BCUT2D eigenvalue weighted by Gasteiger charge is -2.42. The summed E-state index contributed by atoms with van der Waals surface area (Å²) in [5.74, 6) is 1.77. The van der Waals surface area contributed by atoms with Crippen molar-refractivity contribution in [2.45, 2.75) is 73.3 Å². The van der Waals surface area contributed by atoms with E-state index in [-0.39, 0.29) is 0 Å². The maximum absolute atomic E-state index is 5.66. The molecule has 0 aromatic heterocycles. The summed E-state index contributed by atoms with van der Waals surface area (Å²) in [4.78, 5) is 2.58. The minimum atomic E-state index is 0.363. The molecule has 20 heavy (non-hydrogen) atoms. The van der Waals surface area contributed by atoms with E-state index in [9.17, 15) is 0 Å². The van der Waals surface area contributed by atoms with E-state index in [1.807, 2.05) is 0 Å². The fourth-order valence-electron chi connectivity index (χ4n) is 3.56. The van der Waals surface area contributed by atoms with Gasteiger partial charge in [-0.2, -0.15) is 0 Å². The predicted molar refractivity (Wildman–Crippen MR) is 88.1 cm³/mol. The summed E-state index contributed by atoms with van der Waals surface area (Å²) in [5.41, 5.74) is 0.510. The lowest BCUT2D eigenvalue weighted by atomic mass is 9.69. The average Bonchev–Trinajstić information content (AvgIpc) is 2.38. The normalized spacial score (nSPS) is 20.6. The van der Waals surface area contributed by atoms with Gasteiger partial charge in [0.2, 0.25) is 0 Å². The Morgan fingerprint density at radius 3 is 2.25 bits per heavy atom. The molecule has 1 atom stereocenters. The van der Waals surface area contributed by atoms with E-state index in [0.29, 0.717) is 11.5 Å². The van der Waals surface area contributed by atoms with Gasteiger partial charge in [0, 0.05) is 6.54 Å². The van der Waals surface area contributed by atoms with Crippen molar-refractivity contribution in [2.24, 2.45) is 17.3 Å². The van der Waals surface area contributed by atoms with Crippen LogP contribution < -0.4 is 0 Å². The SMILES string of the molecule is CCC(C)CC(C)(C)C1CCN(CCOC(C)C)CC1. The first-order valence-electron chi connectivity index (χ1n) is 8.69. The van der Waals surface area contributed by atoms with Crippen LogP contribution in [0.2, 0.25) is 0 Å². The highest BCUT2D eigenvalue weighted by molar-refractivity contribution is 4.84. The predicted octanol–water partition coefficient (Wildman–Crippen LogP) is 4.59. The van der Waals surface area contributed by atoms with Gasteiger partial charge in [-0.25, -0.2) is 0 Å². The van der Waals surface area contributed by atoms with Crippen molar-refractivity contribution in [2.75, 3.05) is 26.2 Å². The highest BCUT2D eigenvalue weighted by Crippen LogP contribution is 2.40. The second-order valence-electron chi connectivity index (χ2n) is 7.74. The maximum Gasteiger partial charge on any atom is 0.0596 e. The third kappa shape index (κ3) is 6.13. The third-order valence-corrected chi connectivity index (χ3v) is 5.12. The zero-order valence-electron chi connectivity index (χ0n) is 14.7. The summed E-state index contributed by atoms with van der Waals surface area (Å²) < 4.78 is 5.66. The van der Waals surface area contributed by atoms with E-state index >= 15 is 0 Å². The summed E-state index contributed by atoms with van der Waals surface area (Å²) in [7, 11) is 0. The number of ether oxygens (including phenoxy) is 1. The first-order valence-corrected chi connectivity index (χ1v) is 8.69. The van der Waals surface area contributed by atoms with E-state index in [1.54, 1.807) is 0 Å². The molecule has 1 heterocycles. The Bertz CT molecular complexity index is 254. The first-order chi connectivity index (χ1) is 9.35. The number of piperidine rings is 1. The molecule has 120 valence electrons. The molecule has 2 heteroatoms. The lowest BCUT2D eigenvalue weighted by molar-refractivity contribution is 0.0358. The van der Waals surface area contributed by atoms with Crippen LogP contribution in [0.5, 0.6) is 0 Å². The fourth-order valence-corrected chi connectivity index (χ4v) is 3.56. The van der Waals surface area contributed by atoms with Crippen LogP contribution in [0, 0.1) is 17.3 Å². The maximum atomic E-state index is 5.66. The van der Waals surface area contributed by atoms with Crippen molar-refractivity contribution in [1.29, 1.82) is 0 Å². The van der Waals surface area contributed by atoms with Crippen molar-refractivity contribution >= 4 is 0 Å². The molecule has 1 saturated heterocycles. The van der Waals surface area contributed by atoms with Gasteiger partial charge < -0.3 is 9.64 Å². The molecule has 0 amide bonds. The van der Waals surface area contributed by atoms with Gasteiger partial charge in [0.05, 0.1) is 12.7 Å². The average molecular weight is 284 g/mol.